The van der Waals surface area contributed by atoms with E-state index < -0.39 is 0 Å². The van der Waals surface area contributed by atoms with Crippen molar-refractivity contribution in [3.05, 3.63) is 28.8 Å². The van der Waals surface area contributed by atoms with Crippen molar-refractivity contribution < 1.29 is 4.79 Å². The van der Waals surface area contributed by atoms with Crippen LogP contribution in [-0.4, -0.2) is 44.0 Å². The van der Waals surface area contributed by atoms with E-state index in [-0.39, 0.29) is 5.91 Å². The minimum atomic E-state index is -0.0733. The highest BCUT2D eigenvalue weighted by atomic mass is 35.5. The summed E-state index contributed by atoms with van der Waals surface area (Å²) < 4.78 is 0. The molecule has 1 amide bonds. The van der Waals surface area contributed by atoms with Crippen molar-refractivity contribution in [1.29, 1.82) is 0 Å². The van der Waals surface area contributed by atoms with Crippen molar-refractivity contribution in [3.8, 4) is 0 Å². The third-order valence-electron chi connectivity index (χ3n) is 3.27. The number of piperidine rings is 1. The lowest BCUT2D eigenvalue weighted by atomic mass is 10.1. The second-order valence-electron chi connectivity index (χ2n) is 5.08. The van der Waals surface area contributed by atoms with Crippen LogP contribution < -0.4 is 10.6 Å². The Morgan fingerprint density at radius 2 is 2.26 bits per heavy atom. The topological polar surface area (TPSA) is 44.4 Å². The molecule has 1 heterocycles. The van der Waals surface area contributed by atoms with Crippen LogP contribution in [-0.2, 0) is 0 Å². The molecular formula is C14H20ClN3O. The molecular weight excluding hydrogens is 262 g/mol. The number of nitrogens with zero attached hydrogens (tertiary/aromatic N) is 1. The fraction of sp³-hybridized carbons (Fsp3) is 0.500. The quantitative estimate of drug-likeness (QED) is 0.893. The molecule has 1 saturated heterocycles. The molecule has 4 nitrogen and oxygen atoms in total. The maximum atomic E-state index is 11.9. The van der Waals surface area contributed by atoms with Gasteiger partial charge in [0.05, 0.1) is 10.6 Å². The number of carbonyl (C=O) groups excluding carboxylic acids is 1. The van der Waals surface area contributed by atoms with E-state index in [1.807, 2.05) is 12.1 Å². The number of carbonyl (C=O) groups is 1. The maximum Gasteiger partial charge on any atom is 0.254 e. The SMILES string of the molecule is CN(C)C(=O)c1ccc(N[C@H]2CCCNC2)cc1Cl. The lowest BCUT2D eigenvalue weighted by molar-refractivity contribution is 0.0828. The van der Waals surface area contributed by atoms with E-state index in [0.29, 0.717) is 16.6 Å². The van der Waals surface area contributed by atoms with Gasteiger partial charge in [0, 0.05) is 32.4 Å². The number of halogens is 1. The Balaban J connectivity index is 2.07. The predicted molar refractivity (Wildman–Crippen MR) is 79.0 cm³/mol. The number of benzene rings is 1. The number of amides is 1. The Morgan fingerprint density at radius 1 is 1.47 bits per heavy atom. The van der Waals surface area contributed by atoms with E-state index in [1.54, 1.807) is 20.2 Å². The van der Waals surface area contributed by atoms with Crippen LogP contribution in [0.3, 0.4) is 0 Å². The molecule has 0 saturated carbocycles. The summed E-state index contributed by atoms with van der Waals surface area (Å²) in [6.07, 6.45) is 2.34. The number of anilines is 1. The molecule has 0 unspecified atom stereocenters. The van der Waals surface area contributed by atoms with E-state index in [9.17, 15) is 4.79 Å². The van der Waals surface area contributed by atoms with E-state index in [0.717, 1.165) is 25.2 Å². The minimum absolute atomic E-state index is 0.0733. The van der Waals surface area contributed by atoms with E-state index in [2.05, 4.69) is 10.6 Å². The average molecular weight is 282 g/mol. The molecule has 2 rings (SSSR count). The van der Waals surface area contributed by atoms with Crippen LogP contribution in [0.15, 0.2) is 18.2 Å². The zero-order chi connectivity index (χ0) is 13.8. The van der Waals surface area contributed by atoms with Gasteiger partial charge in [-0.1, -0.05) is 11.6 Å². The first kappa shape index (κ1) is 14.2. The highest BCUT2D eigenvalue weighted by Crippen LogP contribution is 2.23. The average Bonchev–Trinajstić information content (AvgIpc) is 2.39. The molecule has 19 heavy (non-hydrogen) atoms. The number of rotatable bonds is 3. The van der Waals surface area contributed by atoms with Crippen LogP contribution in [0.5, 0.6) is 0 Å². The molecule has 1 aliphatic heterocycles. The van der Waals surface area contributed by atoms with Crippen molar-refractivity contribution in [3.63, 3.8) is 0 Å². The molecule has 1 fully saturated rings. The Morgan fingerprint density at radius 3 is 2.84 bits per heavy atom. The van der Waals surface area contributed by atoms with Gasteiger partial charge in [0.25, 0.3) is 5.91 Å². The van der Waals surface area contributed by atoms with Gasteiger partial charge in [-0.15, -0.1) is 0 Å². The summed E-state index contributed by atoms with van der Waals surface area (Å²) in [5.41, 5.74) is 1.51. The van der Waals surface area contributed by atoms with Crippen LogP contribution in [0.4, 0.5) is 5.69 Å². The highest BCUT2D eigenvalue weighted by Gasteiger charge is 2.15. The molecule has 0 aliphatic carbocycles. The van der Waals surface area contributed by atoms with Crippen molar-refractivity contribution in [2.24, 2.45) is 0 Å². The second-order valence-corrected chi connectivity index (χ2v) is 5.49. The third kappa shape index (κ3) is 3.61. The third-order valence-corrected chi connectivity index (χ3v) is 3.59. The summed E-state index contributed by atoms with van der Waals surface area (Å²) in [5, 5.41) is 7.30. The summed E-state index contributed by atoms with van der Waals surface area (Å²) >= 11 is 6.18. The van der Waals surface area contributed by atoms with Gasteiger partial charge in [-0.05, 0) is 37.6 Å². The molecule has 1 aliphatic rings. The Hall–Kier alpha value is -1.26. The Labute approximate surface area is 119 Å². The smallest absolute Gasteiger partial charge is 0.254 e. The van der Waals surface area contributed by atoms with Crippen LogP contribution in [0.2, 0.25) is 5.02 Å². The molecule has 5 heteroatoms. The summed E-state index contributed by atoms with van der Waals surface area (Å²) in [7, 11) is 3.44. The van der Waals surface area contributed by atoms with Gasteiger partial charge in [-0.25, -0.2) is 0 Å². The molecule has 0 bridgehead atoms. The number of nitrogens with one attached hydrogen (secondary N) is 2. The lowest BCUT2D eigenvalue weighted by Crippen LogP contribution is -2.38. The minimum Gasteiger partial charge on any atom is -0.381 e. The van der Waals surface area contributed by atoms with Gasteiger partial charge in [0.2, 0.25) is 0 Å². The van der Waals surface area contributed by atoms with Gasteiger partial charge in [0.15, 0.2) is 0 Å². The summed E-state index contributed by atoms with van der Waals surface area (Å²) in [6, 6.07) is 5.95. The Bertz CT molecular complexity index is 456. The van der Waals surface area contributed by atoms with Gasteiger partial charge < -0.3 is 15.5 Å². The van der Waals surface area contributed by atoms with Crippen LogP contribution >= 0.6 is 11.6 Å². The van der Waals surface area contributed by atoms with Crippen molar-refractivity contribution >= 4 is 23.2 Å². The number of hydrogen-bond donors (Lipinski definition) is 2. The van der Waals surface area contributed by atoms with Crippen molar-refractivity contribution in [1.82, 2.24) is 10.2 Å². The Kier molecular flexibility index (Phi) is 4.66. The first-order chi connectivity index (χ1) is 9.08. The lowest BCUT2D eigenvalue weighted by Gasteiger charge is -2.25. The first-order valence-corrected chi connectivity index (χ1v) is 6.94. The van der Waals surface area contributed by atoms with Crippen molar-refractivity contribution in [2.75, 3.05) is 32.5 Å². The van der Waals surface area contributed by atoms with Gasteiger partial charge in [0.1, 0.15) is 0 Å². The maximum absolute atomic E-state index is 11.9. The zero-order valence-corrected chi connectivity index (χ0v) is 12.1. The van der Waals surface area contributed by atoms with Gasteiger partial charge in [-0.2, -0.15) is 0 Å². The van der Waals surface area contributed by atoms with Gasteiger partial charge >= 0.3 is 0 Å². The standard InChI is InChI=1S/C14H20ClN3O/c1-18(2)14(19)12-6-5-10(8-13(12)15)17-11-4-3-7-16-9-11/h5-6,8,11,16-17H,3-4,7,9H2,1-2H3/t11-/m0/s1. The molecule has 2 N–H and O–H groups in total. The molecule has 1 atom stereocenters. The van der Waals surface area contributed by atoms with E-state index >= 15 is 0 Å². The summed E-state index contributed by atoms with van der Waals surface area (Å²) in [5.74, 6) is -0.0733. The molecule has 104 valence electrons. The van der Waals surface area contributed by atoms with Crippen molar-refractivity contribution in [2.45, 2.75) is 18.9 Å². The summed E-state index contributed by atoms with van der Waals surface area (Å²) in [4.78, 5) is 13.4. The van der Waals surface area contributed by atoms with E-state index in [4.69, 9.17) is 11.6 Å². The van der Waals surface area contributed by atoms with E-state index in [1.165, 1.54) is 11.3 Å². The first-order valence-electron chi connectivity index (χ1n) is 6.56. The van der Waals surface area contributed by atoms with Crippen LogP contribution in [0.1, 0.15) is 23.2 Å². The zero-order valence-electron chi connectivity index (χ0n) is 11.4. The molecule has 1 aromatic carbocycles. The fourth-order valence-electron chi connectivity index (χ4n) is 2.23. The molecule has 1 aromatic rings. The summed E-state index contributed by atoms with van der Waals surface area (Å²) in [6.45, 7) is 2.06. The molecule has 0 aromatic heterocycles. The van der Waals surface area contributed by atoms with Gasteiger partial charge in [-0.3, -0.25) is 4.79 Å². The number of hydrogen-bond acceptors (Lipinski definition) is 3. The largest absolute Gasteiger partial charge is 0.381 e. The fourth-order valence-corrected chi connectivity index (χ4v) is 2.49. The monoisotopic (exact) mass is 281 g/mol. The highest BCUT2D eigenvalue weighted by molar-refractivity contribution is 6.34. The van der Waals surface area contributed by atoms with Crippen LogP contribution in [0.25, 0.3) is 0 Å². The van der Waals surface area contributed by atoms with Crippen LogP contribution in [0, 0.1) is 0 Å². The molecule has 0 radical (unpaired) electrons. The molecule has 0 spiro atoms. The second kappa shape index (κ2) is 6.26. The predicted octanol–water partition coefficient (Wildman–Crippen LogP) is 2.21. The normalized spacial score (nSPS) is 19.0.